The maximum absolute atomic E-state index is 12.9. The highest BCUT2D eigenvalue weighted by Gasteiger charge is 2.34. The van der Waals surface area contributed by atoms with E-state index in [1.165, 1.54) is 11.3 Å². The maximum Gasteiger partial charge on any atom is 0.261 e. The van der Waals surface area contributed by atoms with E-state index in [0.29, 0.717) is 11.4 Å². The minimum atomic E-state index is -0.574. The van der Waals surface area contributed by atoms with Gasteiger partial charge in [0.15, 0.2) is 0 Å². The molecule has 0 bridgehead atoms. The number of para-hydroxylation sites is 2. The molecule has 1 aromatic carbocycles. The Balaban J connectivity index is 1.50. The van der Waals surface area contributed by atoms with Crippen molar-refractivity contribution in [2.24, 2.45) is 0 Å². The molecule has 7 heteroatoms. The van der Waals surface area contributed by atoms with Gasteiger partial charge in [-0.25, -0.2) is 4.98 Å². The molecule has 1 saturated heterocycles. The van der Waals surface area contributed by atoms with Crippen LogP contribution in [0.4, 0.5) is 0 Å². The van der Waals surface area contributed by atoms with E-state index in [4.69, 9.17) is 0 Å². The topological polar surface area (TPSA) is 78.1 Å². The van der Waals surface area contributed by atoms with Crippen molar-refractivity contribution in [1.82, 2.24) is 20.2 Å². The van der Waals surface area contributed by atoms with Crippen LogP contribution in [-0.4, -0.2) is 39.3 Å². The number of nitrogens with zero attached hydrogens (tertiary/aromatic N) is 2. The number of hydrogen-bond acceptors (Lipinski definition) is 4. The van der Waals surface area contributed by atoms with E-state index >= 15 is 0 Å². The lowest BCUT2D eigenvalue weighted by Gasteiger charge is -2.26. The number of H-pyrrole nitrogens is 1. The number of hydrogen-bond donors (Lipinski definition) is 2. The number of thiophene rings is 1. The third-order valence-electron chi connectivity index (χ3n) is 4.72. The number of likely N-dealkylation sites (tertiary alicyclic amines) is 1. The molecule has 2 unspecified atom stereocenters. The van der Waals surface area contributed by atoms with Crippen LogP contribution < -0.4 is 5.32 Å². The summed E-state index contributed by atoms with van der Waals surface area (Å²) in [5.74, 6) is 0.534. The summed E-state index contributed by atoms with van der Waals surface area (Å²) in [5, 5.41) is 4.65. The van der Waals surface area contributed by atoms with Crippen molar-refractivity contribution >= 4 is 34.2 Å². The van der Waals surface area contributed by atoms with Crippen molar-refractivity contribution in [2.75, 3.05) is 6.54 Å². The average Bonchev–Trinajstić information content (AvgIpc) is 3.40. The molecule has 0 radical (unpaired) electrons. The van der Waals surface area contributed by atoms with Gasteiger partial charge in [0.1, 0.15) is 11.9 Å². The van der Waals surface area contributed by atoms with Crippen molar-refractivity contribution in [3.05, 3.63) is 52.5 Å². The van der Waals surface area contributed by atoms with Crippen LogP contribution in [0, 0.1) is 0 Å². The molecule has 0 saturated carbocycles. The highest BCUT2D eigenvalue weighted by molar-refractivity contribution is 7.12. The van der Waals surface area contributed by atoms with Gasteiger partial charge in [-0.05, 0) is 43.3 Å². The van der Waals surface area contributed by atoms with Crippen molar-refractivity contribution in [1.29, 1.82) is 0 Å². The van der Waals surface area contributed by atoms with Crippen LogP contribution in [0.1, 0.15) is 41.3 Å². The predicted octanol–water partition coefficient (Wildman–Crippen LogP) is 3.11. The zero-order valence-electron chi connectivity index (χ0n) is 14.4. The Labute approximate surface area is 155 Å². The number of fused-ring (bicyclic) bond motifs is 1. The standard InChI is InChI=1S/C19H20N4O2S/c1-12(20-18(24)16-9-5-11-26-16)19(25)23-10-4-8-15(23)17-21-13-6-2-3-7-14(13)22-17/h2-3,5-7,9,11-12,15H,4,8,10H2,1H3,(H,20,24)(H,21,22). The number of nitrogens with one attached hydrogen (secondary N) is 2. The molecule has 2 N–H and O–H groups in total. The van der Waals surface area contributed by atoms with E-state index in [-0.39, 0.29) is 17.9 Å². The Hall–Kier alpha value is -2.67. The lowest BCUT2D eigenvalue weighted by atomic mass is 10.2. The fraction of sp³-hybridized carbons (Fsp3) is 0.316. The summed E-state index contributed by atoms with van der Waals surface area (Å²) in [5.41, 5.74) is 1.88. The Morgan fingerprint density at radius 3 is 2.92 bits per heavy atom. The first-order valence-corrected chi connectivity index (χ1v) is 9.61. The molecule has 2 atom stereocenters. The summed E-state index contributed by atoms with van der Waals surface area (Å²) in [6.07, 6.45) is 1.80. The minimum absolute atomic E-state index is 0.0714. The summed E-state index contributed by atoms with van der Waals surface area (Å²) in [6.45, 7) is 2.42. The highest BCUT2D eigenvalue weighted by Crippen LogP contribution is 2.31. The number of carbonyl (C=O) groups is 2. The third kappa shape index (κ3) is 3.10. The highest BCUT2D eigenvalue weighted by atomic mass is 32.1. The molecule has 1 aliphatic rings. The maximum atomic E-state index is 12.9. The van der Waals surface area contributed by atoms with Crippen LogP contribution in [0.25, 0.3) is 11.0 Å². The van der Waals surface area contributed by atoms with Crippen molar-refractivity contribution < 1.29 is 9.59 Å². The SMILES string of the molecule is CC(NC(=O)c1cccs1)C(=O)N1CCCC1c1nc2ccccc2[nH]1. The number of aromatic amines is 1. The first-order valence-electron chi connectivity index (χ1n) is 8.73. The molecule has 3 heterocycles. The van der Waals surface area contributed by atoms with Gasteiger partial charge >= 0.3 is 0 Å². The number of rotatable bonds is 4. The number of amides is 2. The number of benzene rings is 1. The molecule has 1 aliphatic heterocycles. The van der Waals surface area contributed by atoms with Crippen LogP contribution in [-0.2, 0) is 4.79 Å². The third-order valence-corrected chi connectivity index (χ3v) is 5.59. The molecule has 2 amide bonds. The van der Waals surface area contributed by atoms with Crippen molar-refractivity contribution in [3.8, 4) is 0 Å². The Bertz CT molecular complexity index is 901. The lowest BCUT2D eigenvalue weighted by Crippen LogP contribution is -2.46. The zero-order chi connectivity index (χ0) is 18.1. The van der Waals surface area contributed by atoms with Gasteiger partial charge in [0.25, 0.3) is 5.91 Å². The molecule has 26 heavy (non-hydrogen) atoms. The van der Waals surface area contributed by atoms with Crippen molar-refractivity contribution in [2.45, 2.75) is 31.8 Å². The van der Waals surface area contributed by atoms with E-state index in [9.17, 15) is 9.59 Å². The van der Waals surface area contributed by atoms with Gasteiger partial charge in [-0.1, -0.05) is 18.2 Å². The molecule has 0 spiro atoms. The molecule has 134 valence electrons. The largest absolute Gasteiger partial charge is 0.340 e. The van der Waals surface area contributed by atoms with Crippen LogP contribution in [0.15, 0.2) is 41.8 Å². The Morgan fingerprint density at radius 2 is 2.15 bits per heavy atom. The van der Waals surface area contributed by atoms with E-state index in [2.05, 4.69) is 15.3 Å². The minimum Gasteiger partial charge on any atom is -0.340 e. The van der Waals surface area contributed by atoms with Gasteiger partial charge in [-0.2, -0.15) is 0 Å². The second-order valence-corrected chi connectivity index (χ2v) is 7.45. The van der Waals surface area contributed by atoms with Crippen molar-refractivity contribution in [3.63, 3.8) is 0 Å². The second kappa shape index (κ2) is 6.92. The van der Waals surface area contributed by atoms with Gasteiger partial charge < -0.3 is 15.2 Å². The summed E-state index contributed by atoms with van der Waals surface area (Å²) in [4.78, 5) is 35.6. The molecule has 3 aromatic rings. The number of carbonyl (C=O) groups excluding carboxylic acids is 2. The predicted molar refractivity (Wildman–Crippen MR) is 101 cm³/mol. The van der Waals surface area contributed by atoms with Gasteiger partial charge in [0, 0.05) is 6.54 Å². The Morgan fingerprint density at radius 1 is 1.31 bits per heavy atom. The molecule has 1 fully saturated rings. The molecule has 6 nitrogen and oxygen atoms in total. The van der Waals surface area contributed by atoms with Gasteiger partial charge in [-0.3, -0.25) is 9.59 Å². The van der Waals surface area contributed by atoms with E-state index in [1.807, 2.05) is 40.6 Å². The number of imidazole rings is 1. The van der Waals surface area contributed by atoms with E-state index in [1.54, 1.807) is 13.0 Å². The fourth-order valence-corrected chi connectivity index (χ4v) is 4.06. The summed E-state index contributed by atoms with van der Waals surface area (Å²) in [6, 6.07) is 10.8. The van der Waals surface area contributed by atoms with E-state index in [0.717, 1.165) is 29.7 Å². The molecular weight excluding hydrogens is 348 g/mol. The lowest BCUT2D eigenvalue weighted by molar-refractivity contribution is -0.133. The van der Waals surface area contributed by atoms with Gasteiger partial charge in [-0.15, -0.1) is 11.3 Å². The van der Waals surface area contributed by atoms with Crippen LogP contribution in [0.5, 0.6) is 0 Å². The molecule has 2 aromatic heterocycles. The first kappa shape index (κ1) is 16.8. The quantitative estimate of drug-likeness (QED) is 0.743. The zero-order valence-corrected chi connectivity index (χ0v) is 15.3. The normalized spacial score (nSPS) is 18.2. The van der Waals surface area contributed by atoms with E-state index < -0.39 is 6.04 Å². The van der Waals surface area contributed by atoms with Gasteiger partial charge in [0.2, 0.25) is 5.91 Å². The summed E-state index contributed by atoms with van der Waals surface area (Å²) in [7, 11) is 0. The monoisotopic (exact) mass is 368 g/mol. The smallest absolute Gasteiger partial charge is 0.261 e. The molecule has 4 rings (SSSR count). The van der Waals surface area contributed by atoms with Crippen LogP contribution in [0.2, 0.25) is 0 Å². The first-order chi connectivity index (χ1) is 12.6. The second-order valence-electron chi connectivity index (χ2n) is 6.50. The summed E-state index contributed by atoms with van der Waals surface area (Å²) < 4.78 is 0. The van der Waals surface area contributed by atoms with Crippen LogP contribution in [0.3, 0.4) is 0 Å². The fourth-order valence-electron chi connectivity index (χ4n) is 3.43. The number of aromatic nitrogens is 2. The summed E-state index contributed by atoms with van der Waals surface area (Å²) >= 11 is 1.36. The molecular formula is C19H20N4O2S. The molecule has 0 aliphatic carbocycles. The van der Waals surface area contributed by atoms with Gasteiger partial charge in [0.05, 0.1) is 22.0 Å². The average molecular weight is 368 g/mol. The Kier molecular flexibility index (Phi) is 4.46. The van der Waals surface area contributed by atoms with Crippen LogP contribution >= 0.6 is 11.3 Å².